The summed E-state index contributed by atoms with van der Waals surface area (Å²) < 4.78 is 5.05. The molecule has 102 valence electrons. The van der Waals surface area contributed by atoms with Crippen LogP contribution in [0, 0.1) is 0 Å². The number of rotatable bonds is 3. The highest BCUT2D eigenvalue weighted by Crippen LogP contribution is 2.19. The summed E-state index contributed by atoms with van der Waals surface area (Å²) in [6.45, 7) is 0.0726. The summed E-state index contributed by atoms with van der Waals surface area (Å²) >= 11 is 0. The summed E-state index contributed by atoms with van der Waals surface area (Å²) in [5, 5.41) is 18.4. The maximum atomic E-state index is 11.8. The summed E-state index contributed by atoms with van der Waals surface area (Å²) in [6.07, 6.45) is -1.49. The van der Waals surface area contributed by atoms with Gasteiger partial charge >= 0.3 is 12.1 Å². The highest BCUT2D eigenvalue weighted by molar-refractivity contribution is 5.80. The Morgan fingerprint density at radius 3 is 2.63 bits per heavy atom. The third kappa shape index (κ3) is 3.23. The van der Waals surface area contributed by atoms with E-state index in [1.165, 1.54) is 0 Å². The molecule has 1 aromatic carbocycles. The molecule has 19 heavy (non-hydrogen) atoms. The fourth-order valence-corrected chi connectivity index (χ4v) is 2.05. The van der Waals surface area contributed by atoms with Gasteiger partial charge in [0, 0.05) is 6.42 Å². The number of likely N-dealkylation sites (tertiary alicyclic amines) is 1. The van der Waals surface area contributed by atoms with E-state index < -0.39 is 24.2 Å². The Hall–Kier alpha value is -2.08. The van der Waals surface area contributed by atoms with Gasteiger partial charge in [0.05, 0.1) is 12.6 Å². The summed E-state index contributed by atoms with van der Waals surface area (Å²) in [6, 6.07) is 8.09. The minimum absolute atomic E-state index is 0.00934. The van der Waals surface area contributed by atoms with Crippen molar-refractivity contribution in [3.05, 3.63) is 35.9 Å². The predicted octanol–water partition coefficient (Wildman–Crippen LogP) is 0.843. The van der Waals surface area contributed by atoms with Crippen LogP contribution in [0.3, 0.4) is 0 Å². The largest absolute Gasteiger partial charge is 0.480 e. The number of aliphatic hydroxyl groups is 1. The first-order chi connectivity index (χ1) is 9.08. The maximum Gasteiger partial charge on any atom is 0.410 e. The lowest BCUT2D eigenvalue weighted by atomic mass is 10.2. The van der Waals surface area contributed by atoms with Gasteiger partial charge < -0.3 is 14.9 Å². The van der Waals surface area contributed by atoms with Crippen molar-refractivity contribution in [2.24, 2.45) is 0 Å². The van der Waals surface area contributed by atoms with Crippen LogP contribution in [0.25, 0.3) is 0 Å². The zero-order valence-electron chi connectivity index (χ0n) is 10.2. The molecule has 1 saturated heterocycles. The number of benzene rings is 1. The van der Waals surface area contributed by atoms with Gasteiger partial charge in [0.2, 0.25) is 0 Å². The van der Waals surface area contributed by atoms with Gasteiger partial charge in [-0.2, -0.15) is 0 Å². The molecule has 0 aliphatic carbocycles. The van der Waals surface area contributed by atoms with Crippen molar-refractivity contribution in [2.45, 2.75) is 25.2 Å². The lowest BCUT2D eigenvalue weighted by Gasteiger charge is -2.20. The molecule has 1 unspecified atom stereocenters. The molecule has 1 aliphatic heterocycles. The first-order valence-corrected chi connectivity index (χ1v) is 5.96. The number of aliphatic carboxylic acids is 1. The maximum absolute atomic E-state index is 11.8. The monoisotopic (exact) mass is 265 g/mol. The smallest absolute Gasteiger partial charge is 0.410 e. The molecule has 0 saturated carbocycles. The van der Waals surface area contributed by atoms with Crippen LogP contribution >= 0.6 is 0 Å². The molecule has 0 aromatic heterocycles. The fraction of sp³-hybridized carbons (Fsp3) is 0.385. The van der Waals surface area contributed by atoms with Crippen molar-refractivity contribution in [2.75, 3.05) is 6.54 Å². The summed E-state index contributed by atoms with van der Waals surface area (Å²) in [5.74, 6) is -1.13. The first kappa shape index (κ1) is 13.4. The zero-order chi connectivity index (χ0) is 13.8. The number of aliphatic hydroxyl groups excluding tert-OH is 1. The standard InChI is InChI=1S/C13H15NO5/c15-10-6-11(12(16)17)14(7-10)13(18)19-8-9-4-2-1-3-5-9/h1-5,10-11,15H,6-8H2,(H,16,17)/t10?,11-/m0/s1. The van der Waals surface area contributed by atoms with Gasteiger partial charge in [-0.25, -0.2) is 9.59 Å². The quantitative estimate of drug-likeness (QED) is 0.845. The van der Waals surface area contributed by atoms with Gasteiger partial charge in [-0.3, -0.25) is 4.90 Å². The Kier molecular flexibility index (Phi) is 4.01. The second kappa shape index (κ2) is 5.71. The van der Waals surface area contributed by atoms with Crippen molar-refractivity contribution < 1.29 is 24.5 Å². The van der Waals surface area contributed by atoms with E-state index in [1.54, 1.807) is 12.1 Å². The number of hydrogen-bond donors (Lipinski definition) is 2. The van der Waals surface area contributed by atoms with Crippen molar-refractivity contribution in [3.8, 4) is 0 Å². The molecular formula is C13H15NO5. The molecule has 0 radical (unpaired) electrons. The molecule has 2 rings (SSSR count). The number of nitrogens with zero attached hydrogens (tertiary/aromatic N) is 1. The molecule has 2 N–H and O–H groups in total. The van der Waals surface area contributed by atoms with Crippen molar-refractivity contribution in [1.82, 2.24) is 4.90 Å². The Balaban J connectivity index is 1.94. The van der Waals surface area contributed by atoms with Gasteiger partial charge in [-0.05, 0) is 5.56 Å². The summed E-state index contributed by atoms with van der Waals surface area (Å²) in [5.41, 5.74) is 0.822. The highest BCUT2D eigenvalue weighted by atomic mass is 16.6. The van der Waals surface area contributed by atoms with E-state index >= 15 is 0 Å². The van der Waals surface area contributed by atoms with Gasteiger partial charge in [-0.15, -0.1) is 0 Å². The molecular weight excluding hydrogens is 250 g/mol. The van der Waals surface area contributed by atoms with E-state index in [9.17, 15) is 14.7 Å². The van der Waals surface area contributed by atoms with E-state index in [1.807, 2.05) is 18.2 Å². The van der Waals surface area contributed by atoms with Gasteiger partial charge in [0.25, 0.3) is 0 Å². The number of carboxylic acid groups (broad SMARTS) is 1. The summed E-state index contributed by atoms with van der Waals surface area (Å²) in [4.78, 5) is 23.8. The molecule has 0 spiro atoms. The van der Waals surface area contributed by atoms with Gasteiger partial charge in [0.1, 0.15) is 12.6 Å². The second-order valence-corrected chi connectivity index (χ2v) is 4.44. The van der Waals surface area contributed by atoms with Crippen LogP contribution in [0.5, 0.6) is 0 Å². The van der Waals surface area contributed by atoms with Crippen molar-refractivity contribution >= 4 is 12.1 Å². The van der Waals surface area contributed by atoms with Crippen molar-refractivity contribution in [3.63, 3.8) is 0 Å². The number of amides is 1. The predicted molar refractivity (Wildman–Crippen MR) is 65.4 cm³/mol. The molecule has 6 heteroatoms. The van der Waals surface area contributed by atoms with Crippen LogP contribution in [0.15, 0.2) is 30.3 Å². The fourth-order valence-electron chi connectivity index (χ4n) is 2.05. The number of β-amino-alcohol motifs (C(OH)–C–C–N with tert-alkyl or cyclic N) is 1. The lowest BCUT2D eigenvalue weighted by Crippen LogP contribution is -2.40. The molecule has 0 bridgehead atoms. The van der Waals surface area contributed by atoms with E-state index in [-0.39, 0.29) is 19.6 Å². The van der Waals surface area contributed by atoms with Gasteiger partial charge in [-0.1, -0.05) is 30.3 Å². The highest BCUT2D eigenvalue weighted by Gasteiger charge is 2.39. The molecule has 2 atom stereocenters. The van der Waals surface area contributed by atoms with E-state index in [0.717, 1.165) is 10.5 Å². The number of carbonyl (C=O) groups excluding carboxylic acids is 1. The van der Waals surface area contributed by atoms with E-state index in [2.05, 4.69) is 0 Å². The summed E-state index contributed by atoms with van der Waals surface area (Å²) in [7, 11) is 0. The van der Waals surface area contributed by atoms with Gasteiger partial charge in [0.15, 0.2) is 0 Å². The third-order valence-electron chi connectivity index (χ3n) is 3.00. The van der Waals surface area contributed by atoms with Crippen LogP contribution in [0.2, 0.25) is 0 Å². The van der Waals surface area contributed by atoms with Crippen molar-refractivity contribution in [1.29, 1.82) is 0 Å². The lowest BCUT2D eigenvalue weighted by molar-refractivity contribution is -0.141. The molecule has 1 heterocycles. The molecule has 1 amide bonds. The Bertz CT molecular complexity index is 461. The Labute approximate surface area is 110 Å². The second-order valence-electron chi connectivity index (χ2n) is 4.44. The average molecular weight is 265 g/mol. The van der Waals surface area contributed by atoms with Crippen LogP contribution in [-0.2, 0) is 16.1 Å². The van der Waals surface area contributed by atoms with Crippen LogP contribution < -0.4 is 0 Å². The molecule has 1 aliphatic rings. The Morgan fingerprint density at radius 1 is 1.32 bits per heavy atom. The van der Waals surface area contributed by atoms with E-state index in [0.29, 0.717) is 0 Å². The third-order valence-corrected chi connectivity index (χ3v) is 3.00. The molecule has 6 nitrogen and oxygen atoms in total. The molecule has 1 fully saturated rings. The topological polar surface area (TPSA) is 87.1 Å². The van der Waals surface area contributed by atoms with Crippen LogP contribution in [-0.4, -0.2) is 45.9 Å². The number of carboxylic acids is 1. The SMILES string of the molecule is O=C(O)[C@@H]1CC(O)CN1C(=O)OCc1ccccc1. The van der Waals surface area contributed by atoms with Crippen LogP contribution in [0.1, 0.15) is 12.0 Å². The minimum atomic E-state index is -1.13. The molecule has 1 aromatic rings. The normalized spacial score (nSPS) is 22.3. The average Bonchev–Trinajstić information content (AvgIpc) is 2.79. The van der Waals surface area contributed by atoms with Crippen LogP contribution in [0.4, 0.5) is 4.79 Å². The zero-order valence-corrected chi connectivity index (χ0v) is 10.2. The van der Waals surface area contributed by atoms with E-state index in [4.69, 9.17) is 9.84 Å². The number of hydrogen-bond acceptors (Lipinski definition) is 4. The number of ether oxygens (including phenoxy) is 1. The number of carbonyl (C=O) groups is 2. The minimum Gasteiger partial charge on any atom is -0.480 e. The Morgan fingerprint density at radius 2 is 2.00 bits per heavy atom. The first-order valence-electron chi connectivity index (χ1n) is 5.96.